The fourth-order valence-corrected chi connectivity index (χ4v) is 5.30. The first-order chi connectivity index (χ1) is 14.0. The first-order valence-corrected chi connectivity index (χ1v) is 10.8. The summed E-state index contributed by atoms with van der Waals surface area (Å²) in [5.41, 5.74) is 0.407. The lowest BCUT2D eigenvalue weighted by Crippen LogP contribution is -2.37. The summed E-state index contributed by atoms with van der Waals surface area (Å²) in [6.07, 6.45) is 4.79. The Morgan fingerprint density at radius 2 is 2.10 bits per heavy atom. The van der Waals surface area contributed by atoms with Gasteiger partial charge in [-0.1, -0.05) is 42.1 Å². The molecule has 3 aliphatic rings. The summed E-state index contributed by atoms with van der Waals surface area (Å²) >= 11 is 1.39. The van der Waals surface area contributed by atoms with Gasteiger partial charge in [0, 0.05) is 25.2 Å². The van der Waals surface area contributed by atoms with Crippen molar-refractivity contribution in [1.29, 1.82) is 0 Å². The van der Waals surface area contributed by atoms with E-state index < -0.39 is 10.3 Å². The van der Waals surface area contributed by atoms with E-state index in [4.69, 9.17) is 9.73 Å². The second-order valence-electron chi connectivity index (χ2n) is 8.27. The summed E-state index contributed by atoms with van der Waals surface area (Å²) in [6, 6.07) is 13.1. The van der Waals surface area contributed by atoms with Crippen LogP contribution < -0.4 is 15.6 Å². The number of aliphatic imine (C=N–C) groups is 1. The number of ether oxygens (including phenoxy) is 1. The molecule has 2 heterocycles. The van der Waals surface area contributed by atoms with Crippen molar-refractivity contribution in [2.75, 3.05) is 6.61 Å². The van der Waals surface area contributed by atoms with Gasteiger partial charge in [0.05, 0.1) is 12.1 Å². The van der Waals surface area contributed by atoms with Crippen molar-refractivity contribution < 1.29 is 9.53 Å². The van der Waals surface area contributed by atoms with E-state index in [9.17, 15) is 9.59 Å². The van der Waals surface area contributed by atoms with Gasteiger partial charge in [-0.25, -0.2) is 0 Å². The molecule has 0 radical (unpaired) electrons. The zero-order valence-corrected chi connectivity index (χ0v) is 17.1. The summed E-state index contributed by atoms with van der Waals surface area (Å²) in [5.74, 6) is 1.20. The molecular weight excluding hydrogens is 386 g/mol. The van der Waals surface area contributed by atoms with Gasteiger partial charge < -0.3 is 10.1 Å². The van der Waals surface area contributed by atoms with Crippen LogP contribution in [0.3, 0.4) is 0 Å². The summed E-state index contributed by atoms with van der Waals surface area (Å²) in [7, 11) is 0. The number of nitrogens with one attached hydrogen (secondary N) is 1. The van der Waals surface area contributed by atoms with Crippen LogP contribution in [0.15, 0.2) is 58.4 Å². The molecule has 2 aromatic rings. The average molecular weight is 410 g/mol. The van der Waals surface area contributed by atoms with Gasteiger partial charge in [-0.05, 0) is 37.3 Å². The van der Waals surface area contributed by atoms with E-state index in [1.807, 2.05) is 37.3 Å². The van der Waals surface area contributed by atoms with E-state index >= 15 is 0 Å². The smallest absolute Gasteiger partial charge is 0.260 e. The van der Waals surface area contributed by atoms with Crippen LogP contribution in [0, 0.1) is 5.92 Å². The topological polar surface area (TPSA) is 72.7 Å². The molecule has 2 aliphatic carbocycles. The van der Waals surface area contributed by atoms with Crippen molar-refractivity contribution in [2.45, 2.75) is 43.0 Å². The van der Waals surface area contributed by atoms with Crippen LogP contribution >= 0.6 is 11.8 Å². The molecule has 6 nitrogen and oxygen atoms in total. The number of carbonyl (C=O) groups excluding carboxylic acids is 1. The molecule has 0 saturated heterocycles. The number of benzene rings is 1. The SMILES string of the molecule is CC12CC1(C(=O)NCc1ccccc1)SC(n1ccc(OCC3CC3)cc1=O)=N2. The molecule has 1 N–H and O–H groups in total. The third kappa shape index (κ3) is 3.37. The maximum Gasteiger partial charge on any atom is 0.260 e. The molecule has 0 bridgehead atoms. The predicted octanol–water partition coefficient (Wildman–Crippen LogP) is 2.81. The van der Waals surface area contributed by atoms with Crippen LogP contribution in [0.5, 0.6) is 5.75 Å². The maximum absolute atomic E-state index is 12.9. The molecule has 0 spiro atoms. The monoisotopic (exact) mass is 409 g/mol. The molecule has 1 aromatic carbocycles. The number of amides is 1. The van der Waals surface area contributed by atoms with E-state index in [0.717, 1.165) is 5.56 Å². The molecule has 2 unspecified atom stereocenters. The molecule has 2 fully saturated rings. The highest BCUT2D eigenvalue weighted by molar-refractivity contribution is 8.16. The number of fused-ring (bicyclic) bond motifs is 1. The Labute approximate surface area is 173 Å². The lowest BCUT2D eigenvalue weighted by Gasteiger charge is -2.14. The minimum atomic E-state index is -0.627. The Morgan fingerprint density at radius 3 is 2.83 bits per heavy atom. The second kappa shape index (κ2) is 6.76. The van der Waals surface area contributed by atoms with Crippen LogP contribution in [0.25, 0.3) is 0 Å². The van der Waals surface area contributed by atoms with Crippen LogP contribution in [0.2, 0.25) is 0 Å². The van der Waals surface area contributed by atoms with Gasteiger partial charge >= 0.3 is 0 Å². The summed E-state index contributed by atoms with van der Waals surface area (Å²) < 4.78 is 6.57. The minimum absolute atomic E-state index is 0.0231. The fourth-order valence-electron chi connectivity index (χ4n) is 3.71. The van der Waals surface area contributed by atoms with Gasteiger partial charge in [-0.15, -0.1) is 0 Å². The first kappa shape index (κ1) is 18.5. The van der Waals surface area contributed by atoms with E-state index in [-0.39, 0.29) is 11.5 Å². The van der Waals surface area contributed by atoms with Crippen molar-refractivity contribution in [3.05, 3.63) is 64.6 Å². The van der Waals surface area contributed by atoms with Crippen LogP contribution in [-0.4, -0.2) is 32.5 Å². The highest BCUT2D eigenvalue weighted by Crippen LogP contribution is 2.64. The van der Waals surface area contributed by atoms with E-state index in [2.05, 4.69) is 5.32 Å². The number of aromatic nitrogens is 1. The number of carbonyl (C=O) groups is 1. The van der Waals surface area contributed by atoms with Crippen molar-refractivity contribution in [2.24, 2.45) is 10.9 Å². The number of nitrogens with zero attached hydrogens (tertiary/aromatic N) is 2. The number of thioether (sulfide) groups is 1. The molecule has 2 atom stereocenters. The van der Waals surface area contributed by atoms with Gasteiger partial charge in [-0.3, -0.25) is 19.1 Å². The molecule has 1 amide bonds. The number of hydrogen-bond donors (Lipinski definition) is 1. The predicted molar refractivity (Wildman–Crippen MR) is 113 cm³/mol. The van der Waals surface area contributed by atoms with E-state index in [0.29, 0.717) is 36.4 Å². The maximum atomic E-state index is 12.9. The standard InChI is InChI=1S/C22H23N3O3S/c1-21-14-22(21,19(27)23-12-15-5-3-2-4-6-15)29-20(24-21)25-10-9-17(11-18(25)26)28-13-16-7-8-16/h2-6,9-11,16H,7-8,12-14H2,1H3,(H,23,27). The van der Waals surface area contributed by atoms with Gasteiger partial charge in [0.15, 0.2) is 5.17 Å². The largest absolute Gasteiger partial charge is 0.493 e. The molecular formula is C22H23N3O3S. The van der Waals surface area contributed by atoms with E-state index in [1.54, 1.807) is 12.3 Å². The van der Waals surface area contributed by atoms with Crippen LogP contribution in [-0.2, 0) is 11.3 Å². The molecule has 5 rings (SSSR count). The van der Waals surface area contributed by atoms with Crippen LogP contribution in [0.4, 0.5) is 0 Å². The fraction of sp³-hybridized carbons (Fsp3) is 0.409. The van der Waals surface area contributed by atoms with Gasteiger partial charge in [0.2, 0.25) is 5.91 Å². The normalized spacial score (nSPS) is 27.1. The third-order valence-electron chi connectivity index (χ3n) is 5.89. The lowest BCUT2D eigenvalue weighted by atomic mass is 10.2. The van der Waals surface area contributed by atoms with Crippen molar-refractivity contribution in [3.63, 3.8) is 0 Å². The van der Waals surface area contributed by atoms with E-state index in [1.165, 1.54) is 35.2 Å². The quantitative estimate of drug-likeness (QED) is 0.796. The van der Waals surface area contributed by atoms with Gasteiger partial charge in [0.1, 0.15) is 10.5 Å². The Balaban J connectivity index is 1.28. The molecule has 1 aromatic heterocycles. The highest BCUT2D eigenvalue weighted by atomic mass is 32.2. The summed E-state index contributed by atoms with van der Waals surface area (Å²) in [4.78, 5) is 30.3. The lowest BCUT2D eigenvalue weighted by molar-refractivity contribution is -0.121. The second-order valence-corrected chi connectivity index (χ2v) is 9.53. The average Bonchev–Trinajstić information content (AvgIpc) is 3.62. The summed E-state index contributed by atoms with van der Waals surface area (Å²) in [6.45, 7) is 3.13. The number of hydrogen-bond acceptors (Lipinski definition) is 5. The van der Waals surface area contributed by atoms with Crippen molar-refractivity contribution >= 4 is 22.8 Å². The molecule has 2 saturated carbocycles. The van der Waals surface area contributed by atoms with Crippen molar-refractivity contribution in [3.8, 4) is 5.75 Å². The summed E-state index contributed by atoms with van der Waals surface area (Å²) in [5, 5.41) is 3.61. The molecule has 150 valence electrons. The Kier molecular flexibility index (Phi) is 4.31. The molecule has 1 aliphatic heterocycles. The van der Waals surface area contributed by atoms with Gasteiger partial charge in [-0.2, -0.15) is 0 Å². The van der Waals surface area contributed by atoms with Gasteiger partial charge in [0.25, 0.3) is 5.56 Å². The van der Waals surface area contributed by atoms with Crippen LogP contribution in [0.1, 0.15) is 31.7 Å². The third-order valence-corrected chi connectivity index (χ3v) is 7.48. The first-order valence-electron chi connectivity index (χ1n) is 9.96. The number of rotatable bonds is 6. The zero-order chi connectivity index (χ0) is 20.1. The molecule has 29 heavy (non-hydrogen) atoms. The Morgan fingerprint density at radius 1 is 1.31 bits per heavy atom. The van der Waals surface area contributed by atoms with Crippen molar-refractivity contribution in [1.82, 2.24) is 9.88 Å². The minimum Gasteiger partial charge on any atom is -0.493 e. The number of pyridine rings is 1. The Bertz CT molecular complexity index is 1050. The molecule has 7 heteroatoms. The highest BCUT2D eigenvalue weighted by Gasteiger charge is 2.74. The zero-order valence-electron chi connectivity index (χ0n) is 16.3. The Hall–Kier alpha value is -2.54.